The predicted molar refractivity (Wildman–Crippen MR) is 110 cm³/mol. The van der Waals surface area contributed by atoms with Crippen molar-refractivity contribution in [2.45, 2.75) is 6.42 Å². The van der Waals surface area contributed by atoms with E-state index in [2.05, 4.69) is 30.6 Å². The van der Waals surface area contributed by atoms with Gasteiger partial charge in [-0.25, -0.2) is 14.4 Å². The molecule has 0 bridgehead atoms. The van der Waals surface area contributed by atoms with Crippen LogP contribution in [0.5, 0.6) is 5.75 Å². The Morgan fingerprint density at radius 3 is 2.45 bits per heavy atom. The normalized spacial score (nSPS) is 10.7. The molecule has 0 saturated heterocycles. The summed E-state index contributed by atoms with van der Waals surface area (Å²) in [7, 11) is 1.65. The number of rotatable bonds is 7. The third-order valence-electron chi connectivity index (χ3n) is 4.30. The molecular weight excluding hydrogens is 371 g/mol. The summed E-state index contributed by atoms with van der Waals surface area (Å²) in [5.74, 6) is 1.47. The van der Waals surface area contributed by atoms with Crippen molar-refractivity contribution in [2.75, 3.05) is 24.3 Å². The average Bonchev–Trinajstić information content (AvgIpc) is 2.76. The van der Waals surface area contributed by atoms with Gasteiger partial charge in [-0.05, 0) is 48.4 Å². The predicted octanol–water partition coefficient (Wildman–Crippen LogP) is 3.97. The molecule has 2 heterocycles. The molecule has 146 valence electrons. The van der Waals surface area contributed by atoms with E-state index in [0.29, 0.717) is 35.2 Å². The molecule has 4 rings (SSSR count). The number of ether oxygens (including phenoxy) is 1. The third-order valence-corrected chi connectivity index (χ3v) is 4.30. The Kier molecular flexibility index (Phi) is 5.42. The van der Waals surface area contributed by atoms with Gasteiger partial charge < -0.3 is 15.4 Å². The molecule has 4 aromatic rings. The molecule has 0 saturated carbocycles. The Morgan fingerprint density at radius 1 is 0.931 bits per heavy atom. The summed E-state index contributed by atoms with van der Waals surface area (Å²) in [5, 5.41) is 6.39. The SMILES string of the molecule is COc1ccc(CCNc2nc(Nc3ccc(F)cc3)c3nccnc3n2)cc1. The summed E-state index contributed by atoms with van der Waals surface area (Å²) in [4.78, 5) is 17.6. The van der Waals surface area contributed by atoms with Crippen molar-refractivity contribution >= 4 is 28.6 Å². The standard InChI is InChI=1S/C21H19FN6O/c1-29-17-8-2-14(3-9-17)10-11-25-21-27-19-18(23-12-13-24-19)20(28-21)26-16-6-4-15(22)5-7-16/h2-9,12-13H,10-11H2,1H3,(H2,24,25,26,27,28). The summed E-state index contributed by atoms with van der Waals surface area (Å²) in [6, 6.07) is 13.9. The Bertz CT molecular complexity index is 1100. The van der Waals surface area contributed by atoms with E-state index in [1.807, 2.05) is 24.3 Å². The quantitative estimate of drug-likeness (QED) is 0.494. The topological polar surface area (TPSA) is 84.9 Å². The molecule has 0 aliphatic carbocycles. The molecule has 0 spiro atoms. The zero-order valence-electron chi connectivity index (χ0n) is 15.8. The number of halogens is 1. The second kappa shape index (κ2) is 8.47. The number of fused-ring (bicyclic) bond motifs is 1. The van der Waals surface area contributed by atoms with Gasteiger partial charge in [0.25, 0.3) is 0 Å². The molecule has 2 N–H and O–H groups in total. The highest BCUT2D eigenvalue weighted by molar-refractivity contribution is 5.85. The first-order valence-corrected chi connectivity index (χ1v) is 9.09. The lowest BCUT2D eigenvalue weighted by Gasteiger charge is -2.11. The van der Waals surface area contributed by atoms with Crippen LogP contribution in [0.25, 0.3) is 11.2 Å². The minimum atomic E-state index is -0.302. The van der Waals surface area contributed by atoms with Gasteiger partial charge in [-0.2, -0.15) is 9.97 Å². The Labute approximate surface area is 167 Å². The second-order valence-electron chi connectivity index (χ2n) is 6.28. The van der Waals surface area contributed by atoms with Crippen LogP contribution < -0.4 is 15.4 Å². The van der Waals surface area contributed by atoms with Crippen LogP contribution in [-0.2, 0) is 6.42 Å². The molecule has 0 fully saturated rings. The Morgan fingerprint density at radius 2 is 1.69 bits per heavy atom. The summed E-state index contributed by atoms with van der Waals surface area (Å²) in [6.45, 7) is 0.647. The van der Waals surface area contributed by atoms with Crippen LogP contribution >= 0.6 is 0 Å². The summed E-state index contributed by atoms with van der Waals surface area (Å²) < 4.78 is 18.3. The maximum absolute atomic E-state index is 13.2. The van der Waals surface area contributed by atoms with Crippen molar-refractivity contribution in [1.29, 1.82) is 0 Å². The first-order valence-electron chi connectivity index (χ1n) is 9.09. The van der Waals surface area contributed by atoms with Gasteiger partial charge in [0.15, 0.2) is 17.0 Å². The molecule has 8 heteroatoms. The highest BCUT2D eigenvalue weighted by atomic mass is 19.1. The summed E-state index contributed by atoms with van der Waals surface area (Å²) in [5.41, 5.74) is 2.88. The number of benzene rings is 2. The zero-order chi connectivity index (χ0) is 20.1. The minimum absolute atomic E-state index is 0.302. The van der Waals surface area contributed by atoms with Crippen molar-refractivity contribution in [3.63, 3.8) is 0 Å². The Hall–Kier alpha value is -3.81. The molecular formula is C21H19FN6O. The molecule has 0 radical (unpaired) electrons. The van der Waals surface area contributed by atoms with Gasteiger partial charge >= 0.3 is 0 Å². The third kappa shape index (κ3) is 4.55. The zero-order valence-corrected chi connectivity index (χ0v) is 15.8. The van der Waals surface area contributed by atoms with Gasteiger partial charge in [-0.3, -0.25) is 0 Å². The van der Waals surface area contributed by atoms with E-state index < -0.39 is 0 Å². The fourth-order valence-electron chi connectivity index (χ4n) is 2.81. The van der Waals surface area contributed by atoms with Crippen molar-refractivity contribution in [1.82, 2.24) is 19.9 Å². The van der Waals surface area contributed by atoms with Crippen molar-refractivity contribution in [3.05, 3.63) is 72.3 Å². The maximum Gasteiger partial charge on any atom is 0.226 e. The highest BCUT2D eigenvalue weighted by Crippen LogP contribution is 2.22. The largest absolute Gasteiger partial charge is 0.497 e. The molecule has 2 aromatic carbocycles. The lowest BCUT2D eigenvalue weighted by atomic mass is 10.1. The molecule has 7 nitrogen and oxygen atoms in total. The summed E-state index contributed by atoms with van der Waals surface area (Å²) >= 11 is 0. The molecule has 29 heavy (non-hydrogen) atoms. The maximum atomic E-state index is 13.2. The van der Waals surface area contributed by atoms with Crippen LogP contribution in [0.3, 0.4) is 0 Å². The number of hydrogen-bond acceptors (Lipinski definition) is 7. The van der Waals surface area contributed by atoms with Gasteiger partial charge in [-0.15, -0.1) is 0 Å². The van der Waals surface area contributed by atoms with Crippen molar-refractivity contribution in [2.24, 2.45) is 0 Å². The van der Waals surface area contributed by atoms with Crippen LogP contribution in [0.4, 0.5) is 21.8 Å². The van der Waals surface area contributed by atoms with Crippen LogP contribution in [0, 0.1) is 5.82 Å². The first kappa shape index (κ1) is 18.5. The fourth-order valence-corrected chi connectivity index (χ4v) is 2.81. The minimum Gasteiger partial charge on any atom is -0.497 e. The molecule has 0 atom stereocenters. The average molecular weight is 390 g/mol. The van der Waals surface area contributed by atoms with E-state index in [1.54, 1.807) is 31.6 Å². The Balaban J connectivity index is 1.52. The van der Waals surface area contributed by atoms with E-state index in [1.165, 1.54) is 17.7 Å². The van der Waals surface area contributed by atoms with Crippen LogP contribution in [0.2, 0.25) is 0 Å². The smallest absolute Gasteiger partial charge is 0.226 e. The van der Waals surface area contributed by atoms with E-state index in [4.69, 9.17) is 4.74 Å². The van der Waals surface area contributed by atoms with Gasteiger partial charge in [0.1, 0.15) is 11.6 Å². The molecule has 0 aliphatic rings. The van der Waals surface area contributed by atoms with Crippen LogP contribution in [0.1, 0.15) is 5.56 Å². The first-order chi connectivity index (χ1) is 14.2. The highest BCUT2D eigenvalue weighted by Gasteiger charge is 2.10. The van der Waals surface area contributed by atoms with E-state index in [-0.39, 0.29) is 5.82 Å². The van der Waals surface area contributed by atoms with Gasteiger partial charge in [0.05, 0.1) is 7.11 Å². The van der Waals surface area contributed by atoms with Gasteiger partial charge in [-0.1, -0.05) is 12.1 Å². The second-order valence-corrected chi connectivity index (χ2v) is 6.28. The molecule has 2 aromatic heterocycles. The summed E-state index contributed by atoms with van der Waals surface area (Å²) in [6.07, 6.45) is 3.96. The molecule has 0 amide bonds. The number of nitrogens with zero attached hydrogens (tertiary/aromatic N) is 4. The van der Waals surface area contributed by atoms with Crippen LogP contribution in [-0.4, -0.2) is 33.6 Å². The lowest BCUT2D eigenvalue weighted by molar-refractivity contribution is 0.414. The van der Waals surface area contributed by atoms with E-state index >= 15 is 0 Å². The molecule has 0 aliphatic heterocycles. The van der Waals surface area contributed by atoms with Crippen molar-refractivity contribution < 1.29 is 9.13 Å². The van der Waals surface area contributed by atoms with E-state index in [0.717, 1.165) is 12.2 Å². The number of nitrogens with one attached hydrogen (secondary N) is 2. The number of anilines is 3. The van der Waals surface area contributed by atoms with Gasteiger partial charge in [0.2, 0.25) is 5.95 Å². The van der Waals surface area contributed by atoms with Gasteiger partial charge in [0, 0.05) is 24.6 Å². The monoisotopic (exact) mass is 390 g/mol. The van der Waals surface area contributed by atoms with Crippen molar-refractivity contribution in [3.8, 4) is 5.75 Å². The fraction of sp³-hybridized carbons (Fsp3) is 0.143. The number of aromatic nitrogens is 4. The number of hydrogen-bond donors (Lipinski definition) is 2. The van der Waals surface area contributed by atoms with Crippen LogP contribution in [0.15, 0.2) is 60.9 Å². The number of methoxy groups -OCH3 is 1. The molecule has 0 unspecified atom stereocenters. The van der Waals surface area contributed by atoms with E-state index in [9.17, 15) is 4.39 Å². The lowest BCUT2D eigenvalue weighted by Crippen LogP contribution is -2.10.